The molecule has 0 aliphatic rings. The first-order valence-corrected chi connectivity index (χ1v) is 6.14. The lowest BCUT2D eigenvalue weighted by atomic mass is 9.91. The quantitative estimate of drug-likeness (QED) is 0.849. The molecule has 1 N–H and O–H groups in total. The van der Waals surface area contributed by atoms with Gasteiger partial charge in [0.1, 0.15) is 6.10 Å². The van der Waals surface area contributed by atoms with Crippen molar-refractivity contribution in [3.63, 3.8) is 0 Å². The van der Waals surface area contributed by atoms with Crippen LogP contribution in [0.15, 0.2) is 18.2 Å². The van der Waals surface area contributed by atoms with E-state index in [9.17, 15) is 18.7 Å². The zero-order valence-electron chi connectivity index (χ0n) is 10.6. The average molecular weight is 256 g/mol. The Balaban J connectivity index is 2.72. The molecule has 0 aliphatic heterocycles. The van der Waals surface area contributed by atoms with Crippen molar-refractivity contribution >= 4 is 5.78 Å². The summed E-state index contributed by atoms with van der Waals surface area (Å²) in [6, 6.07) is 3.34. The van der Waals surface area contributed by atoms with Crippen LogP contribution in [0.3, 0.4) is 0 Å². The second-order valence-electron chi connectivity index (χ2n) is 4.41. The second kappa shape index (κ2) is 6.59. The van der Waals surface area contributed by atoms with E-state index >= 15 is 0 Å². The van der Waals surface area contributed by atoms with E-state index in [0.717, 1.165) is 12.1 Å². The fourth-order valence-electron chi connectivity index (χ4n) is 1.95. The third kappa shape index (κ3) is 3.60. The number of hydrogen-bond donors (Lipinski definition) is 1. The Labute approximate surface area is 106 Å². The molecule has 4 heteroatoms. The first-order chi connectivity index (χ1) is 8.49. The molecule has 0 aromatic heterocycles. The molecule has 1 aromatic rings. The van der Waals surface area contributed by atoms with Crippen LogP contribution in [0.1, 0.15) is 32.3 Å². The highest BCUT2D eigenvalue weighted by Crippen LogP contribution is 2.16. The predicted octanol–water partition coefficient (Wildman–Crippen LogP) is 2.87. The van der Waals surface area contributed by atoms with Crippen LogP contribution in [0.25, 0.3) is 0 Å². The summed E-state index contributed by atoms with van der Waals surface area (Å²) in [5.41, 5.74) is 0.379. The molecule has 0 fully saturated rings. The minimum Gasteiger partial charge on any atom is -0.385 e. The van der Waals surface area contributed by atoms with Gasteiger partial charge in [-0.1, -0.05) is 32.8 Å². The highest BCUT2D eigenvalue weighted by Gasteiger charge is 2.23. The maximum absolute atomic E-state index is 13.0. The number of halogens is 2. The number of hydrogen-bond acceptors (Lipinski definition) is 2. The van der Waals surface area contributed by atoms with E-state index in [2.05, 4.69) is 0 Å². The number of carbonyl (C=O) groups excluding carboxylic acids is 1. The third-order valence-electron chi connectivity index (χ3n) is 3.19. The smallest absolute Gasteiger partial charge is 0.165 e. The largest absolute Gasteiger partial charge is 0.385 e. The maximum Gasteiger partial charge on any atom is 0.165 e. The number of aliphatic hydroxyl groups is 1. The summed E-state index contributed by atoms with van der Waals surface area (Å²) < 4.78 is 25.7. The molecular formula is C14H18F2O2. The van der Waals surface area contributed by atoms with Crippen molar-refractivity contribution in [3.05, 3.63) is 35.4 Å². The van der Waals surface area contributed by atoms with Gasteiger partial charge in [0.15, 0.2) is 17.4 Å². The van der Waals surface area contributed by atoms with Gasteiger partial charge in [-0.2, -0.15) is 0 Å². The van der Waals surface area contributed by atoms with Gasteiger partial charge in [0, 0.05) is 6.42 Å². The number of Topliss-reactive ketones (excluding diaryl/α,β-unsaturated/α-hetero) is 1. The molecular weight excluding hydrogens is 238 g/mol. The first-order valence-electron chi connectivity index (χ1n) is 6.14. The van der Waals surface area contributed by atoms with Gasteiger partial charge < -0.3 is 5.11 Å². The molecule has 0 heterocycles. The summed E-state index contributed by atoms with van der Waals surface area (Å²) in [5.74, 6) is -2.35. The van der Waals surface area contributed by atoms with Gasteiger partial charge in [-0.25, -0.2) is 8.78 Å². The Kier molecular flexibility index (Phi) is 5.41. The molecule has 1 unspecified atom stereocenters. The van der Waals surface area contributed by atoms with E-state index < -0.39 is 17.7 Å². The van der Waals surface area contributed by atoms with Gasteiger partial charge in [0.25, 0.3) is 0 Å². The molecule has 0 aliphatic carbocycles. The van der Waals surface area contributed by atoms with Gasteiger partial charge in [-0.05, 0) is 23.6 Å². The Bertz CT molecular complexity index is 414. The van der Waals surface area contributed by atoms with E-state index in [1.165, 1.54) is 6.07 Å². The number of aliphatic hydroxyl groups excluding tert-OH is 1. The molecule has 0 saturated carbocycles. The van der Waals surface area contributed by atoms with Crippen molar-refractivity contribution in [3.8, 4) is 0 Å². The van der Waals surface area contributed by atoms with E-state index in [1.54, 1.807) is 0 Å². The summed E-state index contributed by atoms with van der Waals surface area (Å²) in [6.07, 6.45) is 0.310. The van der Waals surface area contributed by atoms with Crippen molar-refractivity contribution in [2.45, 2.75) is 39.2 Å². The van der Waals surface area contributed by atoms with Crippen molar-refractivity contribution in [2.75, 3.05) is 0 Å². The van der Waals surface area contributed by atoms with Gasteiger partial charge in [-0.3, -0.25) is 4.79 Å². The number of ketones is 1. The van der Waals surface area contributed by atoms with Crippen LogP contribution in [0.2, 0.25) is 0 Å². The zero-order chi connectivity index (χ0) is 13.7. The lowest BCUT2D eigenvalue weighted by molar-refractivity contribution is -0.129. The maximum atomic E-state index is 13.0. The molecule has 1 rings (SSSR count). The van der Waals surface area contributed by atoms with Gasteiger partial charge in [-0.15, -0.1) is 0 Å². The van der Waals surface area contributed by atoms with Crippen LogP contribution in [0, 0.1) is 17.6 Å². The molecule has 0 saturated heterocycles. The minimum absolute atomic E-state index is 0.0745. The lowest BCUT2D eigenvalue weighted by Gasteiger charge is -2.18. The standard InChI is InChI=1S/C14H18F2O2/c1-3-10(4-2)14(18)13(17)8-9-5-6-11(15)12(16)7-9/h5-7,10,14,18H,3-4,8H2,1-2H3. The molecule has 0 radical (unpaired) electrons. The summed E-state index contributed by atoms with van der Waals surface area (Å²) in [4.78, 5) is 11.8. The number of carbonyl (C=O) groups is 1. The predicted molar refractivity (Wildman–Crippen MR) is 65.1 cm³/mol. The number of rotatable bonds is 6. The van der Waals surface area contributed by atoms with E-state index in [0.29, 0.717) is 18.4 Å². The van der Waals surface area contributed by atoms with Crippen molar-refractivity contribution < 1.29 is 18.7 Å². The molecule has 1 aromatic carbocycles. The van der Waals surface area contributed by atoms with Crippen LogP contribution in [-0.4, -0.2) is 17.0 Å². The van der Waals surface area contributed by atoms with E-state index in [4.69, 9.17) is 0 Å². The van der Waals surface area contributed by atoms with Crippen LogP contribution in [-0.2, 0) is 11.2 Å². The summed E-state index contributed by atoms with van der Waals surface area (Å²) in [7, 11) is 0. The van der Waals surface area contributed by atoms with Crippen LogP contribution >= 0.6 is 0 Å². The number of benzene rings is 1. The average Bonchev–Trinajstić information content (AvgIpc) is 2.35. The molecule has 18 heavy (non-hydrogen) atoms. The molecule has 0 amide bonds. The molecule has 2 nitrogen and oxygen atoms in total. The second-order valence-corrected chi connectivity index (χ2v) is 4.41. The lowest BCUT2D eigenvalue weighted by Crippen LogP contribution is -2.30. The normalized spacial score (nSPS) is 12.8. The molecule has 0 bridgehead atoms. The Hall–Kier alpha value is -1.29. The van der Waals surface area contributed by atoms with E-state index in [1.807, 2.05) is 13.8 Å². The van der Waals surface area contributed by atoms with Crippen molar-refractivity contribution in [1.82, 2.24) is 0 Å². The Morgan fingerprint density at radius 2 is 1.83 bits per heavy atom. The zero-order valence-corrected chi connectivity index (χ0v) is 10.6. The molecule has 1 atom stereocenters. The minimum atomic E-state index is -1.03. The third-order valence-corrected chi connectivity index (χ3v) is 3.19. The van der Waals surface area contributed by atoms with Crippen LogP contribution in [0.4, 0.5) is 8.78 Å². The van der Waals surface area contributed by atoms with Crippen molar-refractivity contribution in [1.29, 1.82) is 0 Å². The van der Waals surface area contributed by atoms with Crippen molar-refractivity contribution in [2.24, 2.45) is 5.92 Å². The molecule has 0 spiro atoms. The monoisotopic (exact) mass is 256 g/mol. The molecule has 100 valence electrons. The SMILES string of the molecule is CCC(CC)C(O)C(=O)Cc1ccc(F)c(F)c1. The van der Waals surface area contributed by atoms with Gasteiger partial charge in [0.05, 0.1) is 0 Å². The Morgan fingerprint density at radius 3 is 2.33 bits per heavy atom. The van der Waals surface area contributed by atoms with Gasteiger partial charge in [0.2, 0.25) is 0 Å². The summed E-state index contributed by atoms with van der Waals surface area (Å²) in [5, 5.41) is 9.85. The van der Waals surface area contributed by atoms with E-state index in [-0.39, 0.29) is 18.1 Å². The first kappa shape index (κ1) is 14.8. The fourth-order valence-corrected chi connectivity index (χ4v) is 1.95. The Morgan fingerprint density at radius 1 is 1.22 bits per heavy atom. The van der Waals surface area contributed by atoms with Gasteiger partial charge >= 0.3 is 0 Å². The topological polar surface area (TPSA) is 37.3 Å². The summed E-state index contributed by atoms with van der Waals surface area (Å²) >= 11 is 0. The fraction of sp³-hybridized carbons (Fsp3) is 0.500. The summed E-state index contributed by atoms with van der Waals surface area (Å²) in [6.45, 7) is 3.81. The van der Waals surface area contributed by atoms with Crippen LogP contribution in [0.5, 0.6) is 0 Å². The highest BCUT2D eigenvalue weighted by molar-refractivity contribution is 5.85. The van der Waals surface area contributed by atoms with Crippen LogP contribution < -0.4 is 0 Å². The highest BCUT2D eigenvalue weighted by atomic mass is 19.2.